The Labute approximate surface area is 166 Å². The third-order valence-electron chi connectivity index (χ3n) is 4.31. The van der Waals surface area contributed by atoms with Crippen molar-refractivity contribution in [1.82, 2.24) is 0 Å². The molecule has 0 saturated heterocycles. The molecule has 0 unspecified atom stereocenters. The van der Waals surface area contributed by atoms with Gasteiger partial charge in [-0.25, -0.2) is 9.18 Å². The zero-order valence-corrected chi connectivity index (χ0v) is 15.8. The van der Waals surface area contributed by atoms with E-state index < -0.39 is 5.97 Å². The van der Waals surface area contributed by atoms with Crippen molar-refractivity contribution in [2.45, 2.75) is 13.3 Å². The van der Waals surface area contributed by atoms with Crippen LogP contribution < -0.4 is 5.32 Å². The average Bonchev–Trinajstić information content (AvgIpc) is 2.67. The molecule has 142 valence electrons. The fourth-order valence-electron chi connectivity index (χ4n) is 2.88. The third-order valence-corrected chi connectivity index (χ3v) is 4.62. The topological polar surface area (TPSA) is 66.4 Å². The second-order valence-electron chi connectivity index (χ2n) is 6.19. The molecule has 0 heterocycles. The lowest BCUT2D eigenvalue weighted by Crippen LogP contribution is -2.09. The van der Waals surface area contributed by atoms with E-state index in [1.807, 2.05) is 6.92 Å². The van der Waals surface area contributed by atoms with Crippen molar-refractivity contribution >= 4 is 34.7 Å². The number of carboxylic acids is 1. The number of benzene rings is 3. The van der Waals surface area contributed by atoms with E-state index in [1.54, 1.807) is 36.4 Å². The number of hydrogen-bond acceptors (Lipinski definition) is 3. The van der Waals surface area contributed by atoms with E-state index in [-0.39, 0.29) is 27.8 Å². The Balaban J connectivity index is 1.93. The number of aryl methyl sites for hydroxylation is 1. The van der Waals surface area contributed by atoms with Gasteiger partial charge in [0.25, 0.3) is 0 Å². The molecule has 0 aliphatic carbocycles. The molecule has 2 N–H and O–H groups in total. The molecule has 3 aromatic carbocycles. The predicted octanol–water partition coefficient (Wildman–Crippen LogP) is 5.71. The number of carbonyl (C=O) groups is 2. The largest absolute Gasteiger partial charge is 0.478 e. The number of anilines is 2. The quantitative estimate of drug-likeness (QED) is 0.522. The van der Waals surface area contributed by atoms with E-state index >= 15 is 0 Å². The first-order valence-corrected chi connectivity index (χ1v) is 9.00. The summed E-state index contributed by atoms with van der Waals surface area (Å²) < 4.78 is 13.3. The van der Waals surface area contributed by atoms with Crippen LogP contribution in [0.5, 0.6) is 0 Å². The molecule has 0 saturated carbocycles. The molecule has 28 heavy (non-hydrogen) atoms. The number of aromatic carboxylic acids is 1. The van der Waals surface area contributed by atoms with Crippen molar-refractivity contribution in [2.75, 3.05) is 5.32 Å². The van der Waals surface area contributed by atoms with E-state index in [9.17, 15) is 19.1 Å². The molecule has 0 radical (unpaired) electrons. The molecule has 0 atom stereocenters. The summed E-state index contributed by atoms with van der Waals surface area (Å²) in [4.78, 5) is 24.2. The highest BCUT2D eigenvalue weighted by Crippen LogP contribution is 2.27. The van der Waals surface area contributed by atoms with Gasteiger partial charge in [-0.2, -0.15) is 0 Å². The second-order valence-corrected chi connectivity index (χ2v) is 6.60. The molecule has 0 fully saturated rings. The van der Waals surface area contributed by atoms with Gasteiger partial charge >= 0.3 is 5.97 Å². The molecule has 0 bridgehead atoms. The van der Waals surface area contributed by atoms with Gasteiger partial charge in [0.2, 0.25) is 0 Å². The summed E-state index contributed by atoms with van der Waals surface area (Å²) in [6.45, 7) is 1.89. The summed E-state index contributed by atoms with van der Waals surface area (Å²) in [5.41, 5.74) is 2.52. The Bertz CT molecular complexity index is 1070. The fraction of sp³-hybridized carbons (Fsp3) is 0.0909. The molecular formula is C22H17ClFNO3. The number of ketones is 1. The van der Waals surface area contributed by atoms with Crippen molar-refractivity contribution in [2.24, 2.45) is 0 Å². The highest BCUT2D eigenvalue weighted by Gasteiger charge is 2.18. The molecule has 0 aliphatic heterocycles. The number of nitrogens with one attached hydrogen (secondary N) is 1. The number of carboxylic acid groups (broad SMARTS) is 1. The lowest BCUT2D eigenvalue weighted by molar-refractivity contribution is 0.0697. The minimum Gasteiger partial charge on any atom is -0.478 e. The number of carbonyl (C=O) groups excluding carboxylic acids is 1. The van der Waals surface area contributed by atoms with Gasteiger partial charge in [0, 0.05) is 22.5 Å². The first-order chi connectivity index (χ1) is 13.4. The van der Waals surface area contributed by atoms with E-state index in [4.69, 9.17) is 11.6 Å². The monoisotopic (exact) mass is 397 g/mol. The minimum atomic E-state index is -1.10. The van der Waals surface area contributed by atoms with E-state index in [2.05, 4.69) is 5.32 Å². The maximum Gasteiger partial charge on any atom is 0.335 e. The van der Waals surface area contributed by atoms with Gasteiger partial charge < -0.3 is 10.4 Å². The summed E-state index contributed by atoms with van der Waals surface area (Å²) in [6.07, 6.45) is 0.581. The van der Waals surface area contributed by atoms with Gasteiger partial charge in [-0.15, -0.1) is 0 Å². The van der Waals surface area contributed by atoms with Gasteiger partial charge in [-0.3, -0.25) is 4.79 Å². The Morgan fingerprint density at radius 3 is 2.39 bits per heavy atom. The van der Waals surface area contributed by atoms with Crippen LogP contribution in [0, 0.1) is 5.82 Å². The van der Waals surface area contributed by atoms with Crippen LogP contribution in [-0.2, 0) is 6.42 Å². The molecule has 0 amide bonds. The molecule has 6 heteroatoms. The Morgan fingerprint density at radius 2 is 1.75 bits per heavy atom. The Morgan fingerprint density at radius 1 is 1.00 bits per heavy atom. The standard InChI is InChI=1S/C22H17ClFNO3/c1-2-13-6-7-14(22(27)28)10-19(13)21(26)18-9-8-17(12-20(18)23)25-16-5-3-4-15(24)11-16/h3-12,25H,2H2,1H3,(H,27,28). The smallest absolute Gasteiger partial charge is 0.335 e. The van der Waals surface area contributed by atoms with Crippen LogP contribution in [0.25, 0.3) is 0 Å². The summed E-state index contributed by atoms with van der Waals surface area (Å²) in [5.74, 6) is -1.81. The van der Waals surface area contributed by atoms with Crippen LogP contribution in [0.15, 0.2) is 60.7 Å². The zero-order chi connectivity index (χ0) is 20.3. The van der Waals surface area contributed by atoms with Gasteiger partial charge in [0.15, 0.2) is 5.78 Å². The molecule has 0 aromatic heterocycles. The van der Waals surface area contributed by atoms with Gasteiger partial charge in [-0.05, 0) is 60.5 Å². The fourth-order valence-corrected chi connectivity index (χ4v) is 3.15. The van der Waals surface area contributed by atoms with E-state index in [0.717, 1.165) is 5.56 Å². The van der Waals surface area contributed by atoms with Crippen molar-refractivity contribution in [3.05, 3.63) is 93.8 Å². The lowest BCUT2D eigenvalue weighted by atomic mass is 9.95. The number of rotatable bonds is 6. The van der Waals surface area contributed by atoms with Crippen LogP contribution in [0.2, 0.25) is 5.02 Å². The van der Waals surface area contributed by atoms with Crippen molar-refractivity contribution < 1.29 is 19.1 Å². The summed E-state index contributed by atoms with van der Waals surface area (Å²) in [6, 6.07) is 15.3. The van der Waals surface area contributed by atoms with Crippen LogP contribution in [0.4, 0.5) is 15.8 Å². The first-order valence-electron chi connectivity index (χ1n) is 8.62. The summed E-state index contributed by atoms with van der Waals surface area (Å²) in [7, 11) is 0. The zero-order valence-electron chi connectivity index (χ0n) is 15.0. The first kappa shape index (κ1) is 19.6. The Hall–Kier alpha value is -3.18. The van der Waals surface area contributed by atoms with Gasteiger partial charge in [-0.1, -0.05) is 30.7 Å². The highest BCUT2D eigenvalue weighted by molar-refractivity contribution is 6.35. The lowest BCUT2D eigenvalue weighted by Gasteiger charge is -2.12. The number of hydrogen-bond donors (Lipinski definition) is 2. The third kappa shape index (κ3) is 4.21. The molecule has 4 nitrogen and oxygen atoms in total. The van der Waals surface area contributed by atoms with Crippen LogP contribution in [0.3, 0.4) is 0 Å². The van der Waals surface area contributed by atoms with Crippen LogP contribution >= 0.6 is 11.6 Å². The average molecular weight is 398 g/mol. The van der Waals surface area contributed by atoms with Crippen LogP contribution in [-0.4, -0.2) is 16.9 Å². The Kier molecular flexibility index (Phi) is 5.76. The maximum absolute atomic E-state index is 13.3. The second kappa shape index (κ2) is 8.23. The van der Waals surface area contributed by atoms with Gasteiger partial charge in [0.1, 0.15) is 5.82 Å². The molecular weight excluding hydrogens is 381 g/mol. The van der Waals surface area contributed by atoms with E-state index in [0.29, 0.717) is 23.4 Å². The summed E-state index contributed by atoms with van der Waals surface area (Å²) >= 11 is 6.32. The normalized spacial score (nSPS) is 10.5. The molecule has 0 aliphatic rings. The van der Waals surface area contributed by atoms with E-state index in [1.165, 1.54) is 24.3 Å². The van der Waals surface area contributed by atoms with Crippen molar-refractivity contribution in [3.8, 4) is 0 Å². The molecule has 0 spiro atoms. The minimum absolute atomic E-state index is 0.0427. The van der Waals surface area contributed by atoms with Crippen molar-refractivity contribution in [3.63, 3.8) is 0 Å². The highest BCUT2D eigenvalue weighted by atomic mass is 35.5. The maximum atomic E-state index is 13.3. The van der Waals surface area contributed by atoms with Crippen LogP contribution in [0.1, 0.15) is 38.8 Å². The summed E-state index contributed by atoms with van der Waals surface area (Å²) in [5, 5.41) is 12.4. The molecule has 3 rings (SSSR count). The predicted molar refractivity (Wildman–Crippen MR) is 107 cm³/mol. The number of halogens is 2. The molecule has 3 aromatic rings. The van der Waals surface area contributed by atoms with Gasteiger partial charge in [0.05, 0.1) is 10.6 Å². The van der Waals surface area contributed by atoms with Crippen molar-refractivity contribution in [1.29, 1.82) is 0 Å². The SMILES string of the molecule is CCc1ccc(C(=O)O)cc1C(=O)c1ccc(Nc2cccc(F)c2)cc1Cl.